The summed E-state index contributed by atoms with van der Waals surface area (Å²) >= 11 is 2.05. The predicted molar refractivity (Wildman–Crippen MR) is 153 cm³/mol. The van der Waals surface area contributed by atoms with Crippen LogP contribution in [0.4, 0.5) is 0 Å². The van der Waals surface area contributed by atoms with Gasteiger partial charge in [0.15, 0.2) is 0 Å². The largest absolute Gasteiger partial charge is 0.493 e. The summed E-state index contributed by atoms with van der Waals surface area (Å²) < 4.78 is 6.09. The van der Waals surface area contributed by atoms with Crippen molar-refractivity contribution < 1.29 is 9.53 Å². The number of rotatable bonds is 9. The van der Waals surface area contributed by atoms with Gasteiger partial charge in [0.1, 0.15) is 5.75 Å². The molecular formula is C32H38N2O2S. The van der Waals surface area contributed by atoms with Gasteiger partial charge in [0.2, 0.25) is 5.91 Å². The van der Waals surface area contributed by atoms with Crippen molar-refractivity contribution in [1.29, 1.82) is 0 Å². The number of likely N-dealkylation sites (tertiary alicyclic amines) is 1. The number of nitrogens with zero attached hydrogens (tertiary/aromatic N) is 2. The topological polar surface area (TPSA) is 32.8 Å². The third kappa shape index (κ3) is 5.58. The van der Waals surface area contributed by atoms with Gasteiger partial charge in [-0.15, -0.1) is 0 Å². The second-order valence-corrected chi connectivity index (χ2v) is 11.9. The van der Waals surface area contributed by atoms with Gasteiger partial charge in [0.05, 0.1) is 13.0 Å². The lowest BCUT2D eigenvalue weighted by Crippen LogP contribution is -2.45. The van der Waals surface area contributed by atoms with Crippen LogP contribution in [0.2, 0.25) is 0 Å². The van der Waals surface area contributed by atoms with Crippen molar-refractivity contribution >= 4 is 17.7 Å². The number of para-hydroxylation sites is 1. The summed E-state index contributed by atoms with van der Waals surface area (Å²) in [5, 5.41) is 0.440. The number of carbonyl (C=O) groups is 1. The van der Waals surface area contributed by atoms with E-state index < -0.39 is 0 Å². The summed E-state index contributed by atoms with van der Waals surface area (Å²) in [6.07, 6.45) is 2.44. The van der Waals surface area contributed by atoms with E-state index in [-0.39, 0.29) is 11.3 Å². The van der Waals surface area contributed by atoms with Crippen LogP contribution >= 0.6 is 11.8 Å². The van der Waals surface area contributed by atoms with Crippen LogP contribution in [-0.4, -0.2) is 67.0 Å². The van der Waals surface area contributed by atoms with Crippen molar-refractivity contribution in [2.24, 2.45) is 5.92 Å². The molecule has 2 fully saturated rings. The number of carbonyl (C=O) groups excluding carboxylic acids is 1. The van der Waals surface area contributed by atoms with Gasteiger partial charge >= 0.3 is 0 Å². The lowest BCUT2D eigenvalue weighted by atomic mass is 9.63. The molecule has 2 aliphatic rings. The Kier molecular flexibility index (Phi) is 8.21. The monoisotopic (exact) mass is 514 g/mol. The van der Waals surface area contributed by atoms with E-state index in [4.69, 9.17) is 4.74 Å². The van der Waals surface area contributed by atoms with E-state index in [1.165, 1.54) is 11.1 Å². The molecule has 0 N–H and O–H groups in total. The molecule has 0 aliphatic carbocycles. The van der Waals surface area contributed by atoms with E-state index in [1.807, 2.05) is 36.0 Å². The highest BCUT2D eigenvalue weighted by molar-refractivity contribution is 8.00. The Morgan fingerprint density at radius 3 is 2.27 bits per heavy atom. The Morgan fingerprint density at radius 1 is 0.946 bits per heavy atom. The van der Waals surface area contributed by atoms with Gasteiger partial charge in [-0.2, -0.15) is 11.8 Å². The fourth-order valence-electron chi connectivity index (χ4n) is 6.16. The molecule has 5 rings (SSSR count). The van der Waals surface area contributed by atoms with Gasteiger partial charge in [-0.1, -0.05) is 78.9 Å². The maximum absolute atomic E-state index is 13.7. The minimum atomic E-state index is -0.0685. The Morgan fingerprint density at radius 2 is 1.59 bits per heavy atom. The number of ether oxygens (including phenoxy) is 1. The highest BCUT2D eigenvalue weighted by Gasteiger charge is 2.52. The molecule has 2 saturated heterocycles. The molecule has 0 unspecified atom stereocenters. The molecule has 5 heteroatoms. The van der Waals surface area contributed by atoms with Crippen molar-refractivity contribution in [3.8, 4) is 5.75 Å². The molecule has 0 radical (unpaired) electrons. The number of amides is 1. The third-order valence-electron chi connectivity index (χ3n) is 7.98. The zero-order chi connectivity index (χ0) is 25.7. The van der Waals surface area contributed by atoms with Crippen molar-refractivity contribution in [2.75, 3.05) is 46.1 Å². The molecule has 3 aromatic rings. The van der Waals surface area contributed by atoms with E-state index in [0.29, 0.717) is 24.2 Å². The molecule has 2 aliphatic heterocycles. The van der Waals surface area contributed by atoms with Crippen molar-refractivity contribution in [3.63, 3.8) is 0 Å². The molecule has 3 aromatic carbocycles. The normalized spacial score (nSPS) is 20.6. The standard InChI is InChI=1S/C32H38N2O2S/c1-33(2)19-11-20-36-29-17-10-9-12-25(29)22-31(35)34-23-28-30(24-34)37-21-18-32(28,26-13-5-3-6-14-26)27-15-7-4-8-16-27/h3-10,12-17,28,30H,11,18-24H2,1-2H3/t28-,30+/m1/s1. The number of benzene rings is 3. The lowest BCUT2D eigenvalue weighted by Gasteiger charge is -2.46. The van der Waals surface area contributed by atoms with Gasteiger partial charge in [-0.25, -0.2) is 0 Å². The van der Waals surface area contributed by atoms with E-state index in [0.717, 1.165) is 49.5 Å². The Balaban J connectivity index is 1.35. The quantitative estimate of drug-likeness (QED) is 0.353. The zero-order valence-corrected chi connectivity index (χ0v) is 22.8. The van der Waals surface area contributed by atoms with E-state index >= 15 is 0 Å². The maximum Gasteiger partial charge on any atom is 0.227 e. The molecule has 0 saturated carbocycles. The van der Waals surface area contributed by atoms with Crippen molar-refractivity contribution in [3.05, 3.63) is 102 Å². The molecular weight excluding hydrogens is 476 g/mol. The average molecular weight is 515 g/mol. The van der Waals surface area contributed by atoms with Crippen LogP contribution in [0, 0.1) is 5.92 Å². The SMILES string of the molecule is CN(C)CCCOc1ccccc1CC(=O)N1C[C@@H]2SCCC(c3ccccc3)(c3ccccc3)[C@@H]2C1. The first-order valence-corrected chi connectivity index (χ1v) is 14.5. The number of hydrogen-bond donors (Lipinski definition) is 0. The molecule has 1 amide bonds. The van der Waals surface area contributed by atoms with Gasteiger partial charge in [-0.05, 0) is 49.9 Å². The van der Waals surface area contributed by atoms with Crippen LogP contribution < -0.4 is 4.74 Å². The highest BCUT2D eigenvalue weighted by atomic mass is 32.2. The molecule has 37 heavy (non-hydrogen) atoms. The molecule has 0 aromatic heterocycles. The van der Waals surface area contributed by atoms with Gasteiger partial charge in [0.25, 0.3) is 0 Å². The van der Waals surface area contributed by atoms with Crippen LogP contribution in [0.3, 0.4) is 0 Å². The number of fused-ring (bicyclic) bond motifs is 1. The first-order chi connectivity index (χ1) is 18.1. The Hall–Kier alpha value is -2.76. The summed E-state index contributed by atoms with van der Waals surface area (Å²) in [6, 6.07) is 30.0. The van der Waals surface area contributed by atoms with Crippen LogP contribution in [0.15, 0.2) is 84.9 Å². The first-order valence-electron chi connectivity index (χ1n) is 13.4. The van der Waals surface area contributed by atoms with Crippen molar-refractivity contribution in [1.82, 2.24) is 9.80 Å². The Labute approximate surface area is 226 Å². The van der Waals surface area contributed by atoms with E-state index in [1.54, 1.807) is 0 Å². The first kappa shape index (κ1) is 25.9. The minimum absolute atomic E-state index is 0.0685. The molecule has 0 spiro atoms. The smallest absolute Gasteiger partial charge is 0.227 e. The fourth-order valence-corrected chi connectivity index (χ4v) is 7.74. The minimum Gasteiger partial charge on any atom is -0.493 e. The second-order valence-electron chi connectivity index (χ2n) is 10.6. The molecule has 194 valence electrons. The number of hydrogen-bond acceptors (Lipinski definition) is 4. The Bertz CT molecular complexity index is 1130. The van der Waals surface area contributed by atoms with Crippen LogP contribution in [-0.2, 0) is 16.6 Å². The lowest BCUT2D eigenvalue weighted by molar-refractivity contribution is -0.129. The van der Waals surface area contributed by atoms with Crippen LogP contribution in [0.5, 0.6) is 5.75 Å². The number of thioether (sulfide) groups is 1. The molecule has 4 nitrogen and oxygen atoms in total. The van der Waals surface area contributed by atoms with Crippen LogP contribution in [0.1, 0.15) is 29.5 Å². The summed E-state index contributed by atoms with van der Waals surface area (Å²) in [7, 11) is 4.14. The summed E-state index contributed by atoms with van der Waals surface area (Å²) in [4.78, 5) is 18.0. The van der Waals surface area contributed by atoms with E-state index in [9.17, 15) is 4.79 Å². The third-order valence-corrected chi connectivity index (χ3v) is 9.33. The highest BCUT2D eigenvalue weighted by Crippen LogP contribution is 2.53. The molecule has 0 bridgehead atoms. The summed E-state index contributed by atoms with van der Waals surface area (Å²) in [6.45, 7) is 3.26. The zero-order valence-electron chi connectivity index (χ0n) is 22.0. The second kappa shape index (κ2) is 11.7. The van der Waals surface area contributed by atoms with E-state index in [2.05, 4.69) is 84.6 Å². The maximum atomic E-state index is 13.7. The molecule has 2 atom stereocenters. The summed E-state index contributed by atoms with van der Waals surface area (Å²) in [5.74, 6) is 2.53. The summed E-state index contributed by atoms with van der Waals surface area (Å²) in [5.41, 5.74) is 3.67. The predicted octanol–water partition coefficient (Wildman–Crippen LogP) is 5.51. The average Bonchev–Trinajstić information content (AvgIpc) is 3.38. The van der Waals surface area contributed by atoms with Gasteiger partial charge < -0.3 is 14.5 Å². The molecule has 2 heterocycles. The van der Waals surface area contributed by atoms with Gasteiger partial charge in [-0.3, -0.25) is 4.79 Å². The van der Waals surface area contributed by atoms with Crippen LogP contribution in [0.25, 0.3) is 0 Å². The van der Waals surface area contributed by atoms with Gasteiger partial charge in [0, 0.05) is 41.8 Å². The fraction of sp³-hybridized carbons (Fsp3) is 0.406. The van der Waals surface area contributed by atoms with Crippen molar-refractivity contribution in [2.45, 2.75) is 29.9 Å².